The minimum Gasteiger partial charge on any atom is -0.355 e. The molecule has 0 aromatic heterocycles. The van der Waals surface area contributed by atoms with E-state index in [2.05, 4.69) is 94.1 Å². The quantitative estimate of drug-likeness (QED) is 0.0607. The molecule has 0 atom stereocenters. The molecule has 0 saturated heterocycles. The number of nitrogens with one attached hydrogen (secondary N) is 4. The van der Waals surface area contributed by atoms with E-state index in [-0.39, 0.29) is 24.7 Å². The van der Waals surface area contributed by atoms with E-state index in [1.807, 2.05) is 109 Å². The molecule has 0 aliphatic heterocycles. The fourth-order valence-electron chi connectivity index (χ4n) is 7.05. The van der Waals surface area contributed by atoms with Crippen molar-refractivity contribution >= 4 is 11.8 Å². The van der Waals surface area contributed by atoms with Crippen molar-refractivity contribution in [3.63, 3.8) is 0 Å². The molecule has 0 aliphatic carbocycles. The molecule has 0 unspecified atom stereocenters. The monoisotopic (exact) mass is 686 g/mol. The summed E-state index contributed by atoms with van der Waals surface area (Å²) < 4.78 is 0. The van der Waals surface area contributed by atoms with Crippen LogP contribution < -0.4 is 21.3 Å². The van der Waals surface area contributed by atoms with Gasteiger partial charge in [-0.3, -0.25) is 20.2 Å². The summed E-state index contributed by atoms with van der Waals surface area (Å²) in [6, 6.07) is 62.2. The maximum Gasteiger partial charge on any atom is 0.220 e. The van der Waals surface area contributed by atoms with Gasteiger partial charge in [0.15, 0.2) is 0 Å². The van der Waals surface area contributed by atoms with Crippen molar-refractivity contribution in [2.45, 2.75) is 23.9 Å². The van der Waals surface area contributed by atoms with Gasteiger partial charge in [0.1, 0.15) is 0 Å². The lowest BCUT2D eigenvalue weighted by molar-refractivity contribution is -0.126. The first kappa shape index (κ1) is 36.0. The Kier molecular flexibility index (Phi) is 12.4. The minimum atomic E-state index is -0.610. The van der Waals surface area contributed by atoms with E-state index >= 15 is 0 Å². The average Bonchev–Trinajstić information content (AvgIpc) is 3.22. The SMILES string of the molecule is O=C(CCC(=O)NCCNC(c1ccccc1)(c1ccccc1)c1ccccc1)NCCNC(c1ccccc1)(c1ccccc1)c1ccccc1. The van der Waals surface area contributed by atoms with E-state index in [1.54, 1.807) is 0 Å². The number of benzene rings is 6. The van der Waals surface area contributed by atoms with Gasteiger partial charge in [-0.1, -0.05) is 182 Å². The summed E-state index contributed by atoms with van der Waals surface area (Å²) in [5.41, 5.74) is 5.44. The van der Waals surface area contributed by atoms with Gasteiger partial charge in [-0.25, -0.2) is 0 Å². The third-order valence-electron chi connectivity index (χ3n) is 9.49. The highest BCUT2D eigenvalue weighted by atomic mass is 16.2. The van der Waals surface area contributed by atoms with Crippen LogP contribution in [0, 0.1) is 0 Å². The zero-order chi connectivity index (χ0) is 35.9. The van der Waals surface area contributed by atoms with E-state index in [4.69, 9.17) is 0 Å². The van der Waals surface area contributed by atoms with Crippen molar-refractivity contribution in [3.8, 4) is 0 Å². The smallest absolute Gasteiger partial charge is 0.220 e. The third kappa shape index (κ3) is 8.37. The Morgan fingerprint density at radius 3 is 0.750 bits per heavy atom. The Hall–Kier alpha value is -5.82. The molecule has 0 spiro atoms. The average molecular weight is 687 g/mol. The second-order valence-electron chi connectivity index (χ2n) is 12.7. The molecule has 6 aromatic carbocycles. The molecular weight excluding hydrogens is 641 g/mol. The summed E-state index contributed by atoms with van der Waals surface area (Å²) in [5, 5.41) is 13.6. The second kappa shape index (κ2) is 17.9. The molecule has 6 heteroatoms. The third-order valence-corrected chi connectivity index (χ3v) is 9.49. The standard InChI is InChI=1S/C46H46N4O2/c51-43(47-33-35-49-45(37-19-7-1-8-20-37,38-21-9-2-10-22-38)39-23-11-3-12-24-39)31-32-44(52)48-34-36-50-46(40-25-13-4-14-26-40,41-27-15-5-16-28-41)42-29-17-6-18-30-42/h1-30,49-50H,31-36H2,(H,47,51)(H,48,52). The zero-order valence-electron chi connectivity index (χ0n) is 29.4. The number of hydrogen-bond donors (Lipinski definition) is 4. The molecule has 0 saturated carbocycles. The molecule has 6 rings (SSSR count). The summed E-state index contributed by atoms with van der Waals surface area (Å²) in [7, 11) is 0. The lowest BCUT2D eigenvalue weighted by atomic mass is 9.77. The van der Waals surface area contributed by atoms with Crippen LogP contribution in [0.3, 0.4) is 0 Å². The van der Waals surface area contributed by atoms with Crippen molar-refractivity contribution in [1.82, 2.24) is 21.3 Å². The summed E-state index contributed by atoms with van der Waals surface area (Å²) in [4.78, 5) is 25.8. The topological polar surface area (TPSA) is 82.3 Å². The summed E-state index contributed by atoms with van der Waals surface area (Å²) >= 11 is 0. The van der Waals surface area contributed by atoms with Gasteiger partial charge < -0.3 is 10.6 Å². The Morgan fingerprint density at radius 2 is 0.538 bits per heavy atom. The molecule has 2 amide bonds. The summed E-state index contributed by atoms with van der Waals surface area (Å²) in [6.07, 6.45) is 0.227. The van der Waals surface area contributed by atoms with Gasteiger partial charge in [-0.2, -0.15) is 0 Å². The molecule has 52 heavy (non-hydrogen) atoms. The molecule has 6 nitrogen and oxygen atoms in total. The van der Waals surface area contributed by atoms with Gasteiger partial charge in [0, 0.05) is 39.0 Å². The van der Waals surface area contributed by atoms with E-state index in [0.717, 1.165) is 33.4 Å². The number of hydrogen-bond acceptors (Lipinski definition) is 4. The highest BCUT2D eigenvalue weighted by Crippen LogP contribution is 2.37. The largest absolute Gasteiger partial charge is 0.355 e. The van der Waals surface area contributed by atoms with E-state index in [0.29, 0.717) is 26.2 Å². The van der Waals surface area contributed by atoms with Gasteiger partial charge in [0.25, 0.3) is 0 Å². The van der Waals surface area contributed by atoms with Gasteiger partial charge >= 0.3 is 0 Å². The van der Waals surface area contributed by atoms with Gasteiger partial charge in [0.05, 0.1) is 11.1 Å². The van der Waals surface area contributed by atoms with Gasteiger partial charge in [-0.15, -0.1) is 0 Å². The Morgan fingerprint density at radius 1 is 0.327 bits per heavy atom. The highest BCUT2D eigenvalue weighted by Gasteiger charge is 2.36. The molecular formula is C46H46N4O2. The predicted octanol–water partition coefficient (Wildman–Crippen LogP) is 7.16. The van der Waals surface area contributed by atoms with Crippen LogP contribution in [0.5, 0.6) is 0 Å². The van der Waals surface area contributed by atoms with Crippen LogP contribution in [0.2, 0.25) is 0 Å². The number of carbonyl (C=O) groups is 2. The molecule has 0 radical (unpaired) electrons. The van der Waals surface area contributed by atoms with Crippen molar-refractivity contribution < 1.29 is 9.59 Å². The summed E-state index contributed by atoms with van der Waals surface area (Å²) in [5.74, 6) is -0.313. The number of amides is 2. The van der Waals surface area contributed by atoms with Gasteiger partial charge in [-0.05, 0) is 33.4 Å². The predicted molar refractivity (Wildman–Crippen MR) is 210 cm³/mol. The van der Waals surface area contributed by atoms with E-state index in [1.165, 1.54) is 0 Å². The highest BCUT2D eigenvalue weighted by molar-refractivity contribution is 5.83. The molecule has 0 fully saturated rings. The minimum absolute atomic E-state index is 0.114. The maximum atomic E-state index is 12.9. The van der Waals surface area contributed by atoms with Crippen molar-refractivity contribution in [3.05, 3.63) is 215 Å². The molecule has 6 aromatic rings. The first-order chi connectivity index (χ1) is 25.6. The first-order valence-electron chi connectivity index (χ1n) is 18.0. The van der Waals surface area contributed by atoms with Crippen LogP contribution in [-0.2, 0) is 20.7 Å². The summed E-state index contributed by atoms with van der Waals surface area (Å²) in [6.45, 7) is 1.88. The van der Waals surface area contributed by atoms with Crippen molar-refractivity contribution in [1.29, 1.82) is 0 Å². The molecule has 0 aliphatic rings. The molecule has 4 N–H and O–H groups in total. The van der Waals surface area contributed by atoms with Crippen LogP contribution in [0.1, 0.15) is 46.2 Å². The van der Waals surface area contributed by atoms with E-state index < -0.39 is 11.1 Å². The van der Waals surface area contributed by atoms with Crippen LogP contribution in [0.15, 0.2) is 182 Å². The van der Waals surface area contributed by atoms with Crippen molar-refractivity contribution in [2.24, 2.45) is 0 Å². The first-order valence-corrected chi connectivity index (χ1v) is 18.0. The van der Waals surface area contributed by atoms with Crippen LogP contribution in [0.4, 0.5) is 0 Å². The lowest BCUT2D eigenvalue weighted by Gasteiger charge is -2.37. The number of rotatable bonds is 17. The van der Waals surface area contributed by atoms with Gasteiger partial charge in [0.2, 0.25) is 11.8 Å². The van der Waals surface area contributed by atoms with Crippen LogP contribution in [-0.4, -0.2) is 38.0 Å². The Labute approximate surface area is 307 Å². The normalized spacial score (nSPS) is 11.5. The Bertz CT molecular complexity index is 1620. The van der Waals surface area contributed by atoms with Crippen LogP contribution >= 0.6 is 0 Å². The molecule has 0 heterocycles. The fourth-order valence-corrected chi connectivity index (χ4v) is 7.05. The molecule has 262 valence electrons. The zero-order valence-corrected chi connectivity index (χ0v) is 29.4. The maximum absolute atomic E-state index is 12.9. The lowest BCUT2D eigenvalue weighted by Crippen LogP contribution is -2.47. The fraction of sp³-hybridized carbons (Fsp3) is 0.174. The van der Waals surface area contributed by atoms with Crippen molar-refractivity contribution in [2.75, 3.05) is 26.2 Å². The van der Waals surface area contributed by atoms with Crippen LogP contribution in [0.25, 0.3) is 0 Å². The van der Waals surface area contributed by atoms with E-state index in [9.17, 15) is 9.59 Å². The number of carbonyl (C=O) groups excluding carboxylic acids is 2. The molecule has 0 bridgehead atoms. The second-order valence-corrected chi connectivity index (χ2v) is 12.7. The Balaban J connectivity index is 1.03.